The fourth-order valence-corrected chi connectivity index (χ4v) is 4.88. The third-order valence-electron chi connectivity index (χ3n) is 6.77. The van der Waals surface area contributed by atoms with Crippen LogP contribution in [0.1, 0.15) is 55.7 Å². The van der Waals surface area contributed by atoms with Crippen molar-refractivity contribution in [3.8, 4) is 0 Å². The zero-order chi connectivity index (χ0) is 25.7. The molecule has 36 heavy (non-hydrogen) atoms. The number of urea groups is 1. The number of likely N-dealkylation sites (tertiary alicyclic amines) is 1. The van der Waals surface area contributed by atoms with Crippen molar-refractivity contribution < 1.29 is 14.4 Å². The number of hydrogen-bond acceptors (Lipinski definition) is 4. The van der Waals surface area contributed by atoms with Crippen LogP contribution in [0, 0.1) is 13.8 Å². The number of carbonyl (C=O) groups is 3. The first-order valence-corrected chi connectivity index (χ1v) is 12.7. The summed E-state index contributed by atoms with van der Waals surface area (Å²) >= 11 is 0. The maximum Gasteiger partial charge on any atom is 0.321 e. The second kappa shape index (κ2) is 11.4. The zero-order valence-corrected chi connectivity index (χ0v) is 21.3. The van der Waals surface area contributed by atoms with Crippen molar-refractivity contribution in [3.63, 3.8) is 0 Å². The van der Waals surface area contributed by atoms with Gasteiger partial charge in [-0.15, -0.1) is 0 Å². The summed E-state index contributed by atoms with van der Waals surface area (Å²) in [6.45, 7) is 7.01. The topological polar surface area (TPSA) is 94.1 Å². The molecule has 0 aliphatic carbocycles. The Morgan fingerprint density at radius 2 is 1.67 bits per heavy atom. The maximum atomic E-state index is 13.8. The summed E-state index contributed by atoms with van der Waals surface area (Å²) in [6, 6.07) is 12.6. The molecule has 2 N–H and O–H groups in total. The molecule has 8 nitrogen and oxygen atoms in total. The SMILES string of the molecule is CC1=NC(NC(=O)Nc2cccc(C)c2)C(=O)N(CC(=O)N2CCCCCCC2)c2c(C)cccc21. The van der Waals surface area contributed by atoms with Gasteiger partial charge in [0.25, 0.3) is 5.91 Å². The number of nitrogens with one attached hydrogen (secondary N) is 2. The summed E-state index contributed by atoms with van der Waals surface area (Å²) in [6.07, 6.45) is 4.23. The van der Waals surface area contributed by atoms with Gasteiger partial charge < -0.3 is 15.5 Å². The number of aryl methyl sites for hydroxylation is 2. The highest BCUT2D eigenvalue weighted by molar-refractivity contribution is 6.14. The number of fused-ring (bicyclic) bond motifs is 1. The molecule has 0 bridgehead atoms. The highest BCUT2D eigenvalue weighted by Crippen LogP contribution is 2.29. The Balaban J connectivity index is 1.59. The largest absolute Gasteiger partial charge is 0.341 e. The number of benzene rings is 2. The lowest BCUT2D eigenvalue weighted by atomic mass is 10.0. The smallest absolute Gasteiger partial charge is 0.321 e. The van der Waals surface area contributed by atoms with E-state index in [1.165, 1.54) is 11.3 Å². The van der Waals surface area contributed by atoms with Crippen LogP contribution in [-0.4, -0.2) is 54.3 Å². The number of nitrogens with zero attached hydrogens (tertiary/aromatic N) is 3. The first-order valence-electron chi connectivity index (χ1n) is 12.7. The zero-order valence-electron chi connectivity index (χ0n) is 21.3. The van der Waals surface area contributed by atoms with E-state index in [1.54, 1.807) is 6.07 Å². The molecule has 0 saturated carbocycles. The standard InChI is InChI=1S/C28H35N5O3/c1-19-11-9-13-22(17-19)30-28(36)31-26-27(35)33(18-24(34)32-15-7-5-4-6-8-16-32)25-20(2)12-10-14-23(25)21(3)29-26/h9-14,17,26H,4-8,15-16,18H2,1-3H3,(H2,30,31,36). The molecular weight excluding hydrogens is 454 g/mol. The average molecular weight is 490 g/mol. The Labute approximate surface area is 212 Å². The quantitative estimate of drug-likeness (QED) is 0.667. The van der Waals surface area contributed by atoms with Crippen LogP contribution < -0.4 is 15.5 Å². The molecule has 4 amide bonds. The lowest BCUT2D eigenvalue weighted by Gasteiger charge is -2.30. The van der Waals surface area contributed by atoms with Gasteiger partial charge in [0, 0.05) is 30.1 Å². The number of carbonyl (C=O) groups excluding carboxylic acids is 3. The van der Waals surface area contributed by atoms with Crippen LogP contribution in [0.3, 0.4) is 0 Å². The van der Waals surface area contributed by atoms with E-state index in [0.29, 0.717) is 30.2 Å². The average Bonchev–Trinajstić information content (AvgIpc) is 2.90. The maximum absolute atomic E-state index is 13.8. The molecule has 1 unspecified atom stereocenters. The molecule has 1 saturated heterocycles. The highest BCUT2D eigenvalue weighted by Gasteiger charge is 2.34. The molecule has 1 fully saturated rings. The molecule has 2 aromatic carbocycles. The van der Waals surface area contributed by atoms with E-state index in [2.05, 4.69) is 15.6 Å². The molecule has 4 rings (SSSR count). The van der Waals surface area contributed by atoms with E-state index < -0.39 is 18.1 Å². The van der Waals surface area contributed by atoms with E-state index >= 15 is 0 Å². The van der Waals surface area contributed by atoms with Crippen LogP contribution in [0.15, 0.2) is 47.5 Å². The minimum atomic E-state index is -1.15. The summed E-state index contributed by atoms with van der Waals surface area (Å²) in [7, 11) is 0. The van der Waals surface area contributed by atoms with E-state index in [0.717, 1.165) is 42.4 Å². The fourth-order valence-electron chi connectivity index (χ4n) is 4.88. The van der Waals surface area contributed by atoms with Crippen molar-refractivity contribution in [2.45, 2.75) is 59.0 Å². The Kier molecular flexibility index (Phi) is 8.03. The first-order chi connectivity index (χ1) is 17.3. The summed E-state index contributed by atoms with van der Waals surface area (Å²) in [5, 5.41) is 5.48. The minimum absolute atomic E-state index is 0.0815. The molecule has 0 spiro atoms. The summed E-state index contributed by atoms with van der Waals surface area (Å²) in [4.78, 5) is 47.9. The van der Waals surface area contributed by atoms with Crippen LogP contribution in [-0.2, 0) is 9.59 Å². The van der Waals surface area contributed by atoms with Crippen LogP contribution in [0.2, 0.25) is 0 Å². The second-order valence-corrected chi connectivity index (χ2v) is 9.63. The Morgan fingerprint density at radius 3 is 2.39 bits per heavy atom. The predicted molar refractivity (Wildman–Crippen MR) is 143 cm³/mol. The van der Waals surface area contributed by atoms with E-state index in [-0.39, 0.29) is 12.5 Å². The third-order valence-corrected chi connectivity index (χ3v) is 6.77. The lowest BCUT2D eigenvalue weighted by Crippen LogP contribution is -2.52. The van der Waals surface area contributed by atoms with Crippen molar-refractivity contribution in [1.82, 2.24) is 10.2 Å². The molecular formula is C28H35N5O3. The van der Waals surface area contributed by atoms with Gasteiger partial charge in [-0.25, -0.2) is 4.79 Å². The van der Waals surface area contributed by atoms with Crippen LogP contribution in [0.5, 0.6) is 0 Å². The molecule has 1 atom stereocenters. The number of para-hydroxylation sites is 1. The van der Waals surface area contributed by atoms with Crippen molar-refractivity contribution in [2.75, 3.05) is 29.9 Å². The van der Waals surface area contributed by atoms with E-state index in [9.17, 15) is 14.4 Å². The molecule has 0 aromatic heterocycles. The van der Waals surface area contributed by atoms with Crippen molar-refractivity contribution >= 4 is 34.9 Å². The molecule has 2 heterocycles. The summed E-state index contributed by atoms with van der Waals surface area (Å²) in [5.41, 5.74) is 4.59. The first kappa shape index (κ1) is 25.4. The number of anilines is 2. The number of hydrogen-bond donors (Lipinski definition) is 2. The van der Waals surface area contributed by atoms with Gasteiger partial charge in [0.2, 0.25) is 12.1 Å². The molecule has 190 valence electrons. The number of amides is 4. The van der Waals surface area contributed by atoms with Gasteiger partial charge in [-0.05, 0) is 56.9 Å². The fraction of sp³-hybridized carbons (Fsp3) is 0.429. The molecule has 8 heteroatoms. The van der Waals surface area contributed by atoms with Gasteiger partial charge in [-0.1, -0.05) is 49.6 Å². The normalized spacial score (nSPS) is 18.4. The van der Waals surface area contributed by atoms with Gasteiger partial charge >= 0.3 is 6.03 Å². The van der Waals surface area contributed by atoms with Crippen molar-refractivity contribution in [2.24, 2.45) is 4.99 Å². The van der Waals surface area contributed by atoms with Gasteiger partial charge in [0.15, 0.2) is 0 Å². The monoisotopic (exact) mass is 489 g/mol. The number of benzodiazepines with no additional fused rings is 1. The van der Waals surface area contributed by atoms with Crippen LogP contribution in [0.25, 0.3) is 0 Å². The van der Waals surface area contributed by atoms with Gasteiger partial charge in [0.1, 0.15) is 6.54 Å². The molecule has 2 aliphatic heterocycles. The van der Waals surface area contributed by atoms with Crippen molar-refractivity contribution in [3.05, 3.63) is 59.2 Å². The molecule has 0 radical (unpaired) electrons. The third kappa shape index (κ3) is 5.93. The van der Waals surface area contributed by atoms with Crippen LogP contribution >= 0.6 is 0 Å². The van der Waals surface area contributed by atoms with E-state index in [1.807, 2.05) is 62.1 Å². The number of rotatable bonds is 4. The molecule has 2 aromatic rings. The minimum Gasteiger partial charge on any atom is -0.341 e. The molecule has 2 aliphatic rings. The Bertz CT molecular complexity index is 1170. The van der Waals surface area contributed by atoms with Gasteiger partial charge in [-0.2, -0.15) is 0 Å². The summed E-state index contributed by atoms with van der Waals surface area (Å²) < 4.78 is 0. The predicted octanol–water partition coefficient (Wildman–Crippen LogP) is 4.40. The second-order valence-electron chi connectivity index (χ2n) is 9.63. The van der Waals surface area contributed by atoms with Gasteiger partial charge in [-0.3, -0.25) is 19.5 Å². The van der Waals surface area contributed by atoms with Crippen LogP contribution in [0.4, 0.5) is 16.2 Å². The Morgan fingerprint density at radius 1 is 0.972 bits per heavy atom. The number of aliphatic imine (C=N–C) groups is 1. The summed E-state index contributed by atoms with van der Waals surface area (Å²) in [5.74, 6) is -0.510. The Hall–Kier alpha value is -3.68. The van der Waals surface area contributed by atoms with Gasteiger partial charge in [0.05, 0.1) is 5.69 Å². The van der Waals surface area contributed by atoms with Crippen molar-refractivity contribution in [1.29, 1.82) is 0 Å². The lowest BCUT2D eigenvalue weighted by molar-refractivity contribution is -0.132. The van der Waals surface area contributed by atoms with E-state index in [4.69, 9.17) is 0 Å². The highest BCUT2D eigenvalue weighted by atomic mass is 16.2.